The molecule has 0 bridgehead atoms. The highest BCUT2D eigenvalue weighted by Gasteiger charge is 2.18. The van der Waals surface area contributed by atoms with Gasteiger partial charge in [0.25, 0.3) is 0 Å². The van der Waals surface area contributed by atoms with E-state index in [1.807, 2.05) is 30.3 Å². The first-order chi connectivity index (χ1) is 11.5. The number of ketones is 1. The summed E-state index contributed by atoms with van der Waals surface area (Å²) in [4.78, 5) is 34.1. The van der Waals surface area contributed by atoms with Crippen molar-refractivity contribution in [1.82, 2.24) is 0 Å². The lowest BCUT2D eigenvalue weighted by molar-refractivity contribution is -0.380. The summed E-state index contributed by atoms with van der Waals surface area (Å²) in [5, 5.41) is 12.4. The molecule has 0 spiro atoms. The van der Waals surface area contributed by atoms with Crippen LogP contribution in [-0.2, 0) is 4.74 Å². The largest absolute Gasteiger partial charge is 0.453 e. The Hall–Kier alpha value is -3.06. The van der Waals surface area contributed by atoms with Crippen LogP contribution in [0.2, 0.25) is 0 Å². The van der Waals surface area contributed by atoms with Gasteiger partial charge in [-0.25, -0.2) is 4.79 Å². The number of esters is 1. The van der Waals surface area contributed by atoms with Crippen molar-refractivity contribution in [3.63, 3.8) is 0 Å². The number of rotatable bonds is 5. The fraction of sp³-hybridized carbons (Fsp3) is 0.0588. The van der Waals surface area contributed by atoms with Crippen LogP contribution in [-0.4, -0.2) is 23.3 Å². The van der Waals surface area contributed by atoms with Crippen molar-refractivity contribution in [3.05, 3.63) is 75.2 Å². The molecule has 1 aromatic heterocycles. The smallest absolute Gasteiger partial charge is 0.349 e. The van der Waals surface area contributed by atoms with E-state index in [2.05, 4.69) is 0 Å². The van der Waals surface area contributed by atoms with Gasteiger partial charge in [0.1, 0.15) is 4.88 Å². The maximum atomic E-state index is 12.2. The molecule has 0 aliphatic rings. The first kappa shape index (κ1) is 15.8. The summed E-state index contributed by atoms with van der Waals surface area (Å²) in [6.45, 7) is -0.414. The van der Waals surface area contributed by atoms with Crippen molar-refractivity contribution in [2.45, 2.75) is 0 Å². The lowest BCUT2D eigenvalue weighted by Crippen LogP contribution is -2.13. The second kappa shape index (κ2) is 6.59. The van der Waals surface area contributed by atoms with Gasteiger partial charge in [0.15, 0.2) is 12.4 Å². The van der Waals surface area contributed by atoms with E-state index in [9.17, 15) is 19.7 Å². The highest BCUT2D eigenvalue weighted by Crippen LogP contribution is 2.24. The van der Waals surface area contributed by atoms with Crippen molar-refractivity contribution in [2.75, 3.05) is 6.61 Å². The summed E-state index contributed by atoms with van der Waals surface area (Å²) in [5.41, 5.74) is 0.443. The third-order valence-electron chi connectivity index (χ3n) is 3.38. The van der Waals surface area contributed by atoms with Gasteiger partial charge in [0.05, 0.1) is 4.92 Å². The quantitative estimate of drug-likeness (QED) is 0.304. The van der Waals surface area contributed by atoms with E-state index in [1.54, 1.807) is 12.1 Å². The van der Waals surface area contributed by atoms with Crippen LogP contribution in [0.5, 0.6) is 0 Å². The summed E-state index contributed by atoms with van der Waals surface area (Å²) in [6, 6.07) is 15.4. The minimum Gasteiger partial charge on any atom is -0.453 e. The standard InChI is InChI=1S/C17H11NO5S/c19-14(13-6-5-11-3-1-2-4-12(11)9-13)10-23-17(20)15-7-8-16(24-15)18(21)22/h1-9H,10H2. The molecule has 0 N–H and O–H groups in total. The van der Waals surface area contributed by atoms with Crippen LogP contribution >= 0.6 is 11.3 Å². The highest BCUT2D eigenvalue weighted by atomic mass is 32.1. The third kappa shape index (κ3) is 3.31. The van der Waals surface area contributed by atoms with Crippen LogP contribution in [0.15, 0.2) is 54.6 Å². The molecule has 24 heavy (non-hydrogen) atoms. The molecule has 0 aliphatic heterocycles. The van der Waals surface area contributed by atoms with Crippen molar-refractivity contribution >= 4 is 38.9 Å². The van der Waals surface area contributed by atoms with Gasteiger partial charge in [-0.05, 0) is 22.9 Å². The minimum absolute atomic E-state index is 0.0908. The Morgan fingerprint density at radius 3 is 2.50 bits per heavy atom. The Morgan fingerprint density at radius 2 is 1.79 bits per heavy atom. The Morgan fingerprint density at radius 1 is 1.04 bits per heavy atom. The maximum Gasteiger partial charge on any atom is 0.349 e. The van der Waals surface area contributed by atoms with E-state index in [0.29, 0.717) is 16.9 Å². The van der Waals surface area contributed by atoms with Gasteiger partial charge in [0.2, 0.25) is 0 Å². The van der Waals surface area contributed by atoms with E-state index in [-0.39, 0.29) is 15.7 Å². The number of nitrogens with zero attached hydrogens (tertiary/aromatic N) is 1. The Bertz CT molecular complexity index is 947. The zero-order chi connectivity index (χ0) is 17.1. The molecule has 3 rings (SSSR count). The maximum absolute atomic E-state index is 12.2. The topological polar surface area (TPSA) is 86.5 Å². The molecule has 0 aliphatic carbocycles. The highest BCUT2D eigenvalue weighted by molar-refractivity contribution is 7.17. The predicted octanol–water partition coefficient (Wildman–Crippen LogP) is 3.85. The Balaban J connectivity index is 1.67. The molecular weight excluding hydrogens is 330 g/mol. The molecule has 6 nitrogen and oxygen atoms in total. The van der Waals surface area contributed by atoms with E-state index in [0.717, 1.165) is 10.8 Å². The van der Waals surface area contributed by atoms with Gasteiger partial charge in [0, 0.05) is 11.6 Å². The van der Waals surface area contributed by atoms with Crippen LogP contribution < -0.4 is 0 Å². The summed E-state index contributed by atoms with van der Waals surface area (Å²) in [5.74, 6) is -1.08. The Kier molecular flexibility index (Phi) is 4.35. The van der Waals surface area contributed by atoms with Gasteiger partial charge >= 0.3 is 11.0 Å². The van der Waals surface area contributed by atoms with Crippen molar-refractivity contribution < 1.29 is 19.2 Å². The molecule has 0 amide bonds. The molecule has 0 saturated heterocycles. The molecule has 0 unspecified atom stereocenters. The van der Waals surface area contributed by atoms with Crippen molar-refractivity contribution in [1.29, 1.82) is 0 Å². The fourth-order valence-corrected chi connectivity index (χ4v) is 2.90. The first-order valence-electron chi connectivity index (χ1n) is 6.98. The average Bonchev–Trinajstić information content (AvgIpc) is 3.09. The number of carbonyl (C=O) groups excluding carboxylic acids is 2. The van der Waals surface area contributed by atoms with Gasteiger partial charge in [-0.3, -0.25) is 14.9 Å². The van der Waals surface area contributed by atoms with Gasteiger partial charge in [-0.2, -0.15) is 0 Å². The summed E-state index contributed by atoms with van der Waals surface area (Å²) in [6.07, 6.45) is 0. The van der Waals surface area contributed by atoms with E-state index < -0.39 is 17.5 Å². The summed E-state index contributed by atoms with van der Waals surface area (Å²) < 4.78 is 4.95. The van der Waals surface area contributed by atoms with Crippen LogP contribution in [0.25, 0.3) is 10.8 Å². The van der Waals surface area contributed by atoms with Crippen LogP contribution in [0.3, 0.4) is 0 Å². The van der Waals surface area contributed by atoms with Gasteiger partial charge < -0.3 is 4.74 Å². The fourth-order valence-electron chi connectivity index (χ4n) is 2.18. The number of ether oxygens (including phenoxy) is 1. The number of benzene rings is 2. The van der Waals surface area contributed by atoms with Crippen LogP contribution in [0.1, 0.15) is 20.0 Å². The molecule has 2 aromatic carbocycles. The number of hydrogen-bond acceptors (Lipinski definition) is 6. The monoisotopic (exact) mass is 341 g/mol. The lowest BCUT2D eigenvalue weighted by Gasteiger charge is -2.04. The molecule has 0 radical (unpaired) electrons. The average molecular weight is 341 g/mol. The second-order valence-electron chi connectivity index (χ2n) is 4.96. The number of hydrogen-bond donors (Lipinski definition) is 0. The first-order valence-corrected chi connectivity index (χ1v) is 7.79. The molecule has 7 heteroatoms. The summed E-state index contributed by atoms with van der Waals surface area (Å²) >= 11 is 0.714. The molecular formula is C17H11NO5S. The molecule has 0 fully saturated rings. The summed E-state index contributed by atoms with van der Waals surface area (Å²) in [7, 11) is 0. The molecule has 120 valence electrons. The SMILES string of the molecule is O=C(COC(=O)c1ccc([N+](=O)[O-])s1)c1ccc2ccccc2c1. The second-order valence-corrected chi connectivity index (χ2v) is 6.02. The van der Waals surface area contributed by atoms with E-state index in [1.165, 1.54) is 12.1 Å². The molecule has 1 heterocycles. The number of thiophene rings is 1. The van der Waals surface area contributed by atoms with Crippen LogP contribution in [0, 0.1) is 10.1 Å². The van der Waals surface area contributed by atoms with Gasteiger partial charge in [-0.15, -0.1) is 0 Å². The predicted molar refractivity (Wildman–Crippen MR) is 89.5 cm³/mol. The zero-order valence-corrected chi connectivity index (χ0v) is 13.1. The van der Waals surface area contributed by atoms with Crippen LogP contribution in [0.4, 0.5) is 5.00 Å². The number of Topliss-reactive ketones (excluding diaryl/α,β-unsaturated/α-hetero) is 1. The van der Waals surface area contributed by atoms with Gasteiger partial charge in [-0.1, -0.05) is 47.7 Å². The third-order valence-corrected chi connectivity index (χ3v) is 4.40. The normalized spacial score (nSPS) is 10.5. The van der Waals surface area contributed by atoms with E-state index in [4.69, 9.17) is 4.74 Å². The molecule has 0 atom stereocenters. The van der Waals surface area contributed by atoms with Crippen molar-refractivity contribution in [2.24, 2.45) is 0 Å². The minimum atomic E-state index is -0.748. The number of nitro groups is 1. The zero-order valence-electron chi connectivity index (χ0n) is 12.3. The Labute approximate surface area is 140 Å². The van der Waals surface area contributed by atoms with Crippen molar-refractivity contribution in [3.8, 4) is 0 Å². The molecule has 3 aromatic rings. The number of fused-ring (bicyclic) bond motifs is 1. The molecule has 0 saturated carbocycles. The van der Waals surface area contributed by atoms with E-state index >= 15 is 0 Å². The lowest BCUT2D eigenvalue weighted by atomic mass is 10.0. The number of carbonyl (C=O) groups is 2.